The molecule has 0 unspecified atom stereocenters. The second-order valence-corrected chi connectivity index (χ2v) is 6.00. The molecule has 1 aromatic heterocycles. The molecule has 0 spiro atoms. The molecule has 2 rings (SSSR count). The van der Waals surface area contributed by atoms with E-state index in [1.807, 2.05) is 21.0 Å². The van der Waals surface area contributed by atoms with Crippen LogP contribution in [-0.2, 0) is 13.0 Å². The highest BCUT2D eigenvalue weighted by atomic mass is 16.1. The molecule has 0 aliphatic carbocycles. The van der Waals surface area contributed by atoms with Crippen LogP contribution in [0, 0.1) is 6.92 Å². The zero-order valence-corrected chi connectivity index (χ0v) is 14.4. The van der Waals surface area contributed by atoms with Crippen molar-refractivity contribution >= 4 is 11.6 Å². The second-order valence-electron chi connectivity index (χ2n) is 6.00. The summed E-state index contributed by atoms with van der Waals surface area (Å²) in [6.45, 7) is 4.65. The molecule has 0 fully saturated rings. The summed E-state index contributed by atoms with van der Waals surface area (Å²) in [5.74, 6) is 0.532. The largest absolute Gasteiger partial charge is 0.378 e. The van der Waals surface area contributed by atoms with E-state index < -0.39 is 0 Å². The molecule has 0 aliphatic rings. The summed E-state index contributed by atoms with van der Waals surface area (Å²) < 4.78 is 0. The van der Waals surface area contributed by atoms with Gasteiger partial charge in [0.1, 0.15) is 0 Å². The Bertz CT molecular complexity index is 689. The fourth-order valence-electron chi connectivity index (χ4n) is 2.44. The van der Waals surface area contributed by atoms with Crippen LogP contribution >= 0.6 is 0 Å². The number of hydrogen-bond donors (Lipinski definition) is 2. The van der Waals surface area contributed by atoms with Gasteiger partial charge < -0.3 is 10.2 Å². The first-order chi connectivity index (χ1) is 11.0. The summed E-state index contributed by atoms with van der Waals surface area (Å²) in [5, 5.41) is 3.19. The van der Waals surface area contributed by atoms with Crippen LogP contribution in [0.2, 0.25) is 0 Å². The van der Waals surface area contributed by atoms with Gasteiger partial charge in [-0.05, 0) is 37.5 Å². The fraction of sp³-hybridized carbons (Fsp3) is 0.444. The van der Waals surface area contributed by atoms with E-state index in [1.165, 1.54) is 0 Å². The average Bonchev–Trinajstić information content (AvgIpc) is 2.52. The van der Waals surface area contributed by atoms with Gasteiger partial charge in [0, 0.05) is 37.6 Å². The number of aromatic nitrogens is 2. The van der Waals surface area contributed by atoms with Crippen molar-refractivity contribution in [3.63, 3.8) is 0 Å². The number of aromatic amines is 1. The van der Waals surface area contributed by atoms with Gasteiger partial charge in [-0.15, -0.1) is 0 Å². The average molecular weight is 314 g/mol. The van der Waals surface area contributed by atoms with E-state index in [2.05, 4.69) is 51.4 Å². The SMILES string of the molecule is CCCCc1c(C)nc(NCc2ccc(N(C)C)cc2)[nH]c1=O. The Balaban J connectivity index is 2.04. The number of hydrogen-bond acceptors (Lipinski definition) is 4. The van der Waals surface area contributed by atoms with Crippen LogP contribution < -0.4 is 15.8 Å². The van der Waals surface area contributed by atoms with Crippen LogP contribution in [0.4, 0.5) is 11.6 Å². The van der Waals surface area contributed by atoms with Crippen LogP contribution in [0.25, 0.3) is 0 Å². The third kappa shape index (κ3) is 4.58. The van der Waals surface area contributed by atoms with E-state index in [0.29, 0.717) is 12.5 Å². The van der Waals surface area contributed by atoms with E-state index in [1.54, 1.807) is 0 Å². The Labute approximate surface area is 137 Å². The van der Waals surface area contributed by atoms with Crippen LogP contribution in [0.15, 0.2) is 29.1 Å². The lowest BCUT2D eigenvalue weighted by Gasteiger charge is -2.13. The fourth-order valence-corrected chi connectivity index (χ4v) is 2.44. The molecule has 2 aromatic rings. The molecular weight excluding hydrogens is 288 g/mol. The maximum Gasteiger partial charge on any atom is 0.255 e. The van der Waals surface area contributed by atoms with E-state index >= 15 is 0 Å². The molecule has 2 N–H and O–H groups in total. The second kappa shape index (κ2) is 7.81. The Hall–Kier alpha value is -2.30. The Morgan fingerprint density at radius 2 is 1.91 bits per heavy atom. The van der Waals surface area contributed by atoms with Crippen molar-refractivity contribution in [3.8, 4) is 0 Å². The smallest absolute Gasteiger partial charge is 0.255 e. The molecule has 1 aromatic carbocycles. The molecular formula is C18H26N4O. The van der Waals surface area contributed by atoms with Gasteiger partial charge in [-0.2, -0.15) is 0 Å². The number of H-pyrrole nitrogens is 1. The van der Waals surface area contributed by atoms with Gasteiger partial charge in [0.25, 0.3) is 5.56 Å². The summed E-state index contributed by atoms with van der Waals surface area (Å²) >= 11 is 0. The van der Waals surface area contributed by atoms with Crippen molar-refractivity contribution in [2.75, 3.05) is 24.3 Å². The number of aryl methyl sites for hydroxylation is 1. The first-order valence-electron chi connectivity index (χ1n) is 8.11. The zero-order chi connectivity index (χ0) is 16.8. The molecule has 0 aliphatic heterocycles. The summed E-state index contributed by atoms with van der Waals surface area (Å²) in [5.41, 5.74) is 3.89. The van der Waals surface area contributed by atoms with Crippen LogP contribution in [0.1, 0.15) is 36.6 Å². The van der Waals surface area contributed by atoms with Gasteiger partial charge in [0.2, 0.25) is 5.95 Å². The maximum absolute atomic E-state index is 12.2. The molecule has 0 saturated heterocycles. The monoisotopic (exact) mass is 314 g/mol. The molecule has 23 heavy (non-hydrogen) atoms. The highest BCUT2D eigenvalue weighted by Crippen LogP contribution is 2.13. The Morgan fingerprint density at radius 3 is 2.48 bits per heavy atom. The predicted octanol–water partition coefficient (Wildman–Crippen LogP) is 3.10. The Morgan fingerprint density at radius 1 is 1.22 bits per heavy atom. The highest BCUT2D eigenvalue weighted by Gasteiger charge is 2.07. The van der Waals surface area contributed by atoms with Gasteiger partial charge in [0.05, 0.1) is 0 Å². The van der Waals surface area contributed by atoms with E-state index in [4.69, 9.17) is 0 Å². The van der Waals surface area contributed by atoms with Crippen LogP contribution in [0.5, 0.6) is 0 Å². The van der Waals surface area contributed by atoms with Gasteiger partial charge in [-0.3, -0.25) is 9.78 Å². The number of nitrogens with one attached hydrogen (secondary N) is 2. The molecule has 0 atom stereocenters. The van der Waals surface area contributed by atoms with Crippen molar-refractivity contribution in [2.45, 2.75) is 39.7 Å². The van der Waals surface area contributed by atoms with Crippen molar-refractivity contribution in [2.24, 2.45) is 0 Å². The minimum atomic E-state index is -0.0311. The topological polar surface area (TPSA) is 61.0 Å². The minimum absolute atomic E-state index is 0.0311. The number of nitrogens with zero attached hydrogens (tertiary/aromatic N) is 2. The lowest BCUT2D eigenvalue weighted by molar-refractivity contribution is 0.773. The van der Waals surface area contributed by atoms with Gasteiger partial charge in [-0.25, -0.2) is 4.98 Å². The molecule has 5 heteroatoms. The van der Waals surface area contributed by atoms with Crippen molar-refractivity contribution in [3.05, 3.63) is 51.4 Å². The van der Waals surface area contributed by atoms with E-state index in [0.717, 1.165) is 41.8 Å². The Kier molecular flexibility index (Phi) is 5.79. The van der Waals surface area contributed by atoms with Gasteiger partial charge in [0.15, 0.2) is 0 Å². The number of anilines is 2. The first kappa shape index (κ1) is 17.1. The van der Waals surface area contributed by atoms with Gasteiger partial charge in [-0.1, -0.05) is 25.5 Å². The quantitative estimate of drug-likeness (QED) is 0.824. The number of rotatable bonds is 7. The zero-order valence-electron chi connectivity index (χ0n) is 14.4. The molecule has 0 bridgehead atoms. The lowest BCUT2D eigenvalue weighted by atomic mass is 10.1. The van der Waals surface area contributed by atoms with Crippen molar-refractivity contribution in [1.29, 1.82) is 0 Å². The highest BCUT2D eigenvalue weighted by molar-refractivity contribution is 5.46. The molecule has 0 saturated carbocycles. The standard InChI is InChI=1S/C18H26N4O/c1-5-6-7-16-13(2)20-18(21-17(16)23)19-12-14-8-10-15(11-9-14)22(3)4/h8-11H,5-7,12H2,1-4H3,(H2,19,20,21,23). The lowest BCUT2D eigenvalue weighted by Crippen LogP contribution is -2.19. The van der Waals surface area contributed by atoms with E-state index in [9.17, 15) is 4.79 Å². The molecule has 1 heterocycles. The van der Waals surface area contributed by atoms with Gasteiger partial charge >= 0.3 is 0 Å². The summed E-state index contributed by atoms with van der Waals surface area (Å²) in [7, 11) is 4.04. The summed E-state index contributed by atoms with van der Waals surface area (Å²) in [6.07, 6.45) is 2.87. The minimum Gasteiger partial charge on any atom is -0.378 e. The first-order valence-corrected chi connectivity index (χ1v) is 8.11. The van der Waals surface area contributed by atoms with E-state index in [-0.39, 0.29) is 5.56 Å². The summed E-state index contributed by atoms with van der Waals surface area (Å²) in [4.78, 5) is 21.5. The van der Waals surface area contributed by atoms with Crippen LogP contribution in [0.3, 0.4) is 0 Å². The number of unbranched alkanes of at least 4 members (excludes halogenated alkanes) is 1. The predicted molar refractivity (Wildman–Crippen MR) is 96.3 cm³/mol. The molecule has 0 amide bonds. The van der Waals surface area contributed by atoms with Crippen LogP contribution in [-0.4, -0.2) is 24.1 Å². The third-order valence-corrected chi connectivity index (χ3v) is 3.92. The molecule has 0 radical (unpaired) electrons. The van der Waals surface area contributed by atoms with Crippen molar-refractivity contribution in [1.82, 2.24) is 9.97 Å². The molecule has 5 nitrogen and oxygen atoms in total. The molecule has 124 valence electrons. The summed E-state index contributed by atoms with van der Waals surface area (Å²) in [6, 6.07) is 8.30. The third-order valence-electron chi connectivity index (χ3n) is 3.92. The number of benzene rings is 1. The van der Waals surface area contributed by atoms with Crippen molar-refractivity contribution < 1.29 is 0 Å². The maximum atomic E-state index is 12.2. The normalized spacial score (nSPS) is 10.6.